The molecule has 0 aliphatic carbocycles. The molecule has 0 spiro atoms. The molecule has 2 aliphatic rings. The molecular formula is C18H27N3O2. The van der Waals surface area contributed by atoms with E-state index in [-0.39, 0.29) is 5.91 Å². The van der Waals surface area contributed by atoms with Crippen LogP contribution in [0.3, 0.4) is 0 Å². The number of likely N-dealkylation sites (tertiary alicyclic amines) is 1. The predicted octanol–water partition coefficient (Wildman–Crippen LogP) is 1.88. The highest BCUT2D eigenvalue weighted by atomic mass is 16.5. The molecule has 5 nitrogen and oxygen atoms in total. The van der Waals surface area contributed by atoms with Gasteiger partial charge in [-0.2, -0.15) is 0 Å². The molecule has 126 valence electrons. The number of hydrogen-bond acceptors (Lipinski definition) is 4. The summed E-state index contributed by atoms with van der Waals surface area (Å²) in [6, 6.07) is 8.60. The number of carbonyl (C=O) groups excluding carboxylic acids is 1. The first-order valence-corrected chi connectivity index (χ1v) is 8.72. The minimum Gasteiger partial charge on any atom is -0.494 e. The van der Waals surface area contributed by atoms with E-state index in [0.29, 0.717) is 6.54 Å². The van der Waals surface area contributed by atoms with E-state index in [1.807, 2.05) is 29.2 Å². The smallest absolute Gasteiger partial charge is 0.240 e. The minimum absolute atomic E-state index is 0.129. The van der Waals surface area contributed by atoms with E-state index in [1.165, 1.54) is 19.4 Å². The number of nitrogens with zero attached hydrogens (tertiary/aromatic N) is 2. The topological polar surface area (TPSA) is 44.8 Å². The number of carbonyl (C=O) groups is 1. The van der Waals surface area contributed by atoms with Crippen molar-refractivity contribution in [1.29, 1.82) is 0 Å². The van der Waals surface area contributed by atoms with Crippen molar-refractivity contribution >= 4 is 11.6 Å². The Morgan fingerprint density at radius 3 is 2.78 bits per heavy atom. The Hall–Kier alpha value is -1.59. The summed E-state index contributed by atoms with van der Waals surface area (Å²) < 4.78 is 5.83. The molecule has 2 aliphatic heterocycles. The number of rotatable bonds is 6. The molecule has 1 aromatic rings. The Kier molecular flexibility index (Phi) is 5.51. The van der Waals surface area contributed by atoms with E-state index in [9.17, 15) is 4.79 Å². The molecule has 23 heavy (non-hydrogen) atoms. The quantitative estimate of drug-likeness (QED) is 0.814. The van der Waals surface area contributed by atoms with Crippen LogP contribution in [0.1, 0.15) is 26.2 Å². The number of benzene rings is 1. The highest BCUT2D eigenvalue weighted by molar-refractivity contribution is 5.95. The first-order valence-electron chi connectivity index (χ1n) is 8.72. The third kappa shape index (κ3) is 4.24. The summed E-state index contributed by atoms with van der Waals surface area (Å²) in [7, 11) is 0. The number of nitrogens with one attached hydrogen (secondary N) is 1. The van der Waals surface area contributed by atoms with Gasteiger partial charge in [0, 0.05) is 31.4 Å². The zero-order valence-electron chi connectivity index (χ0n) is 14.0. The first kappa shape index (κ1) is 16.3. The molecule has 1 amide bonds. The lowest BCUT2D eigenvalue weighted by Crippen LogP contribution is -2.48. The van der Waals surface area contributed by atoms with E-state index in [2.05, 4.69) is 17.1 Å². The maximum Gasteiger partial charge on any atom is 0.240 e. The molecule has 0 unspecified atom stereocenters. The van der Waals surface area contributed by atoms with Gasteiger partial charge in [0.25, 0.3) is 0 Å². The van der Waals surface area contributed by atoms with Crippen molar-refractivity contribution in [2.45, 2.75) is 32.2 Å². The van der Waals surface area contributed by atoms with Gasteiger partial charge in [0.1, 0.15) is 5.75 Å². The van der Waals surface area contributed by atoms with Crippen LogP contribution >= 0.6 is 0 Å². The third-order valence-corrected chi connectivity index (χ3v) is 4.79. The Morgan fingerprint density at radius 1 is 1.26 bits per heavy atom. The van der Waals surface area contributed by atoms with E-state index < -0.39 is 0 Å². The van der Waals surface area contributed by atoms with Gasteiger partial charge in [-0.15, -0.1) is 0 Å². The monoisotopic (exact) mass is 317 g/mol. The fraction of sp³-hybridized carbons (Fsp3) is 0.611. The fourth-order valence-electron chi connectivity index (χ4n) is 3.38. The standard InChI is InChI=1S/C18H27N3O2/c1-15-4-2-10-20(15)11-3-13-23-17-7-5-16(6-8-17)21-12-9-19-14-18(21)22/h5-8,15,19H,2-4,9-14H2,1H3/t15-/m0/s1. The second-order valence-corrected chi connectivity index (χ2v) is 6.45. The number of anilines is 1. The molecule has 2 heterocycles. The zero-order chi connectivity index (χ0) is 16.1. The van der Waals surface area contributed by atoms with Crippen molar-refractivity contribution in [1.82, 2.24) is 10.2 Å². The van der Waals surface area contributed by atoms with E-state index in [0.717, 1.165) is 50.1 Å². The van der Waals surface area contributed by atoms with Crippen molar-refractivity contribution in [2.24, 2.45) is 0 Å². The average Bonchev–Trinajstić information content (AvgIpc) is 2.98. The second-order valence-electron chi connectivity index (χ2n) is 6.45. The molecular weight excluding hydrogens is 290 g/mol. The highest BCUT2D eigenvalue weighted by Gasteiger charge is 2.20. The Bertz CT molecular complexity index is 518. The van der Waals surface area contributed by atoms with Crippen molar-refractivity contribution in [3.8, 4) is 5.75 Å². The molecule has 1 aromatic carbocycles. The molecule has 1 atom stereocenters. The fourth-order valence-corrected chi connectivity index (χ4v) is 3.38. The zero-order valence-corrected chi connectivity index (χ0v) is 14.0. The summed E-state index contributed by atoms with van der Waals surface area (Å²) in [5.74, 6) is 1.01. The maximum absolute atomic E-state index is 11.9. The van der Waals surface area contributed by atoms with Gasteiger partial charge in [0.2, 0.25) is 5.91 Å². The average molecular weight is 317 g/mol. The first-order chi connectivity index (χ1) is 11.2. The van der Waals surface area contributed by atoms with Crippen molar-refractivity contribution in [3.63, 3.8) is 0 Å². The molecule has 0 radical (unpaired) electrons. The Balaban J connectivity index is 1.43. The molecule has 0 aromatic heterocycles. The van der Waals surface area contributed by atoms with Crippen LogP contribution in [0.5, 0.6) is 5.75 Å². The molecule has 2 saturated heterocycles. The SMILES string of the molecule is C[C@H]1CCCN1CCCOc1ccc(N2CCNCC2=O)cc1. The lowest BCUT2D eigenvalue weighted by molar-refractivity contribution is -0.118. The normalized spacial score (nSPS) is 22.6. The number of ether oxygens (including phenoxy) is 1. The van der Waals surface area contributed by atoms with E-state index in [4.69, 9.17) is 4.74 Å². The summed E-state index contributed by atoms with van der Waals surface area (Å²) in [5, 5.41) is 3.09. The third-order valence-electron chi connectivity index (χ3n) is 4.79. The van der Waals surface area contributed by atoms with Gasteiger partial charge in [-0.1, -0.05) is 0 Å². The largest absolute Gasteiger partial charge is 0.494 e. The van der Waals surface area contributed by atoms with Crippen molar-refractivity contribution in [2.75, 3.05) is 44.2 Å². The van der Waals surface area contributed by atoms with Gasteiger partial charge in [-0.05, 0) is 57.0 Å². The van der Waals surface area contributed by atoms with E-state index >= 15 is 0 Å². The predicted molar refractivity (Wildman–Crippen MR) is 92.0 cm³/mol. The van der Waals surface area contributed by atoms with Crippen LogP contribution in [0, 0.1) is 0 Å². The van der Waals surface area contributed by atoms with Crippen LogP contribution in [0.4, 0.5) is 5.69 Å². The van der Waals surface area contributed by atoms with Crippen LogP contribution in [-0.4, -0.2) is 56.2 Å². The summed E-state index contributed by atoms with van der Waals surface area (Å²) in [4.78, 5) is 16.2. The van der Waals surface area contributed by atoms with Gasteiger partial charge < -0.3 is 19.9 Å². The van der Waals surface area contributed by atoms with Gasteiger partial charge in [0.15, 0.2) is 0 Å². The van der Waals surface area contributed by atoms with Gasteiger partial charge in [0.05, 0.1) is 13.2 Å². The Labute approximate surface area is 138 Å². The van der Waals surface area contributed by atoms with Gasteiger partial charge >= 0.3 is 0 Å². The summed E-state index contributed by atoms with van der Waals surface area (Å²) in [6.45, 7) is 7.40. The summed E-state index contributed by atoms with van der Waals surface area (Å²) in [6.07, 6.45) is 3.71. The van der Waals surface area contributed by atoms with Crippen LogP contribution in [0.25, 0.3) is 0 Å². The molecule has 0 saturated carbocycles. The minimum atomic E-state index is 0.129. The Morgan fingerprint density at radius 2 is 2.09 bits per heavy atom. The molecule has 1 N–H and O–H groups in total. The molecule has 0 bridgehead atoms. The lowest BCUT2D eigenvalue weighted by Gasteiger charge is -2.27. The molecule has 5 heteroatoms. The van der Waals surface area contributed by atoms with Crippen LogP contribution in [0.2, 0.25) is 0 Å². The molecule has 2 fully saturated rings. The van der Waals surface area contributed by atoms with Crippen LogP contribution in [-0.2, 0) is 4.79 Å². The summed E-state index contributed by atoms with van der Waals surface area (Å²) in [5.41, 5.74) is 0.953. The highest BCUT2D eigenvalue weighted by Crippen LogP contribution is 2.21. The molecule has 3 rings (SSSR count). The summed E-state index contributed by atoms with van der Waals surface area (Å²) >= 11 is 0. The van der Waals surface area contributed by atoms with Crippen molar-refractivity contribution < 1.29 is 9.53 Å². The van der Waals surface area contributed by atoms with Gasteiger partial charge in [-0.3, -0.25) is 4.79 Å². The second kappa shape index (κ2) is 7.79. The lowest BCUT2D eigenvalue weighted by atomic mass is 10.2. The number of hydrogen-bond donors (Lipinski definition) is 1. The van der Waals surface area contributed by atoms with E-state index in [1.54, 1.807) is 0 Å². The maximum atomic E-state index is 11.9. The van der Waals surface area contributed by atoms with Gasteiger partial charge in [-0.25, -0.2) is 0 Å². The van der Waals surface area contributed by atoms with Crippen LogP contribution < -0.4 is 15.0 Å². The van der Waals surface area contributed by atoms with Crippen LogP contribution in [0.15, 0.2) is 24.3 Å². The number of piperazine rings is 1. The van der Waals surface area contributed by atoms with Crippen molar-refractivity contribution in [3.05, 3.63) is 24.3 Å². The number of amides is 1.